The van der Waals surface area contributed by atoms with Gasteiger partial charge in [-0.2, -0.15) is 11.8 Å². The third kappa shape index (κ3) is 24.8. The lowest BCUT2D eigenvalue weighted by Gasteiger charge is -2.06. The van der Waals surface area contributed by atoms with Gasteiger partial charge in [0.05, 0.1) is 44.1 Å². The van der Waals surface area contributed by atoms with Crippen LogP contribution in [-0.4, -0.2) is 90.8 Å². The van der Waals surface area contributed by atoms with E-state index in [0.29, 0.717) is 39.6 Å². The zero-order valence-corrected chi connectivity index (χ0v) is 18.1. The Balaban J connectivity index is 2.94. The average Bonchev–Trinajstić information content (AvgIpc) is 2.63. The number of hydrogen-bond donors (Lipinski definition) is 1. The topological polar surface area (TPSA) is 58.2 Å². The van der Waals surface area contributed by atoms with Crippen molar-refractivity contribution in [2.24, 2.45) is 0 Å². The maximum absolute atomic E-state index is 5.48. The molecule has 6 nitrogen and oxygen atoms in total. The highest BCUT2D eigenvalue weighted by atomic mass is 33.1. The molecule has 152 valence electrons. The Morgan fingerprint density at radius 2 is 1.40 bits per heavy atom. The number of thioether (sulfide) groups is 1. The van der Waals surface area contributed by atoms with Gasteiger partial charge in [0.25, 0.3) is 0 Å². The van der Waals surface area contributed by atoms with Crippen LogP contribution in [-0.2, 0) is 23.1 Å². The Hall–Kier alpha value is 0.810. The van der Waals surface area contributed by atoms with Crippen LogP contribution < -0.4 is 5.32 Å². The van der Waals surface area contributed by atoms with E-state index in [-0.39, 0.29) is 0 Å². The van der Waals surface area contributed by atoms with Gasteiger partial charge in [-0.05, 0) is 18.6 Å². The van der Waals surface area contributed by atoms with Crippen molar-refractivity contribution in [1.29, 1.82) is 0 Å². The first-order valence-corrected chi connectivity index (χ1v) is 12.1. The number of hydrogen-bond acceptors (Lipinski definition) is 9. The van der Waals surface area contributed by atoms with Crippen molar-refractivity contribution in [3.8, 4) is 0 Å². The van der Waals surface area contributed by atoms with E-state index in [1.165, 1.54) is 16.8 Å². The Bertz CT molecular complexity index is 222. The molecule has 9 heteroatoms. The van der Waals surface area contributed by atoms with Crippen molar-refractivity contribution in [1.82, 2.24) is 5.32 Å². The van der Waals surface area contributed by atoms with Gasteiger partial charge < -0.3 is 28.4 Å². The number of ether oxygens (including phenoxy) is 4. The summed E-state index contributed by atoms with van der Waals surface area (Å²) in [4.78, 5) is 0. The van der Waals surface area contributed by atoms with E-state index in [4.69, 9.17) is 23.1 Å². The van der Waals surface area contributed by atoms with Crippen LogP contribution in [0.15, 0.2) is 0 Å². The molecule has 25 heavy (non-hydrogen) atoms. The third-order valence-corrected chi connectivity index (χ3v) is 5.72. The van der Waals surface area contributed by atoms with Crippen LogP contribution in [0.5, 0.6) is 0 Å². The van der Waals surface area contributed by atoms with Gasteiger partial charge in [-0.25, -0.2) is 0 Å². The molecule has 0 rings (SSSR count). The molecule has 0 radical (unpaired) electrons. The van der Waals surface area contributed by atoms with Gasteiger partial charge >= 0.3 is 0 Å². The lowest BCUT2D eigenvalue weighted by molar-refractivity contribution is 0.0228. The molecule has 0 aromatic rings. The summed E-state index contributed by atoms with van der Waals surface area (Å²) in [5, 5.41) is 3.44. The van der Waals surface area contributed by atoms with Crippen molar-refractivity contribution in [2.75, 3.05) is 90.8 Å². The summed E-state index contributed by atoms with van der Waals surface area (Å²) < 4.78 is 26.1. The molecular weight excluding hydrogens is 382 g/mol. The minimum absolute atomic E-state index is 0.619. The third-order valence-electron chi connectivity index (χ3n) is 2.84. The van der Waals surface area contributed by atoms with E-state index in [0.717, 1.165) is 44.0 Å². The second kappa shape index (κ2) is 24.8. The second-order valence-electron chi connectivity index (χ2n) is 4.99. The predicted molar refractivity (Wildman–Crippen MR) is 111 cm³/mol. The molecule has 0 aromatic carbocycles. The molecule has 0 bridgehead atoms. The van der Waals surface area contributed by atoms with Crippen molar-refractivity contribution >= 4 is 33.6 Å². The fourth-order valence-electron chi connectivity index (χ4n) is 1.58. The highest BCUT2D eigenvalue weighted by molar-refractivity contribution is 8.74. The van der Waals surface area contributed by atoms with Gasteiger partial charge in [-0.1, -0.05) is 10.8 Å². The van der Waals surface area contributed by atoms with Gasteiger partial charge in [0.2, 0.25) is 0 Å². The molecule has 1 N–H and O–H groups in total. The summed E-state index contributed by atoms with van der Waals surface area (Å²) >= 11 is 3.45. The van der Waals surface area contributed by atoms with Crippen LogP contribution in [0.3, 0.4) is 0 Å². The first kappa shape index (κ1) is 25.8. The van der Waals surface area contributed by atoms with Gasteiger partial charge in [0.15, 0.2) is 0 Å². The highest BCUT2D eigenvalue weighted by Gasteiger charge is 1.95. The van der Waals surface area contributed by atoms with Gasteiger partial charge in [-0.15, -0.1) is 0 Å². The molecule has 0 amide bonds. The fourth-order valence-corrected chi connectivity index (χ4v) is 3.80. The molecule has 0 saturated carbocycles. The molecule has 0 aromatic heterocycles. The maximum Gasteiger partial charge on any atom is 0.0701 e. The molecule has 0 atom stereocenters. The molecular formula is C16H35NO5S3. The summed E-state index contributed by atoms with van der Waals surface area (Å²) in [5.74, 6) is 3.39. The van der Waals surface area contributed by atoms with Crippen LogP contribution in [0.1, 0.15) is 12.8 Å². The maximum atomic E-state index is 5.48. The van der Waals surface area contributed by atoms with Crippen LogP contribution in [0.2, 0.25) is 0 Å². The monoisotopic (exact) mass is 417 g/mol. The summed E-state index contributed by atoms with van der Waals surface area (Å²) in [6, 6.07) is 0. The largest absolute Gasteiger partial charge is 0.385 e. The van der Waals surface area contributed by atoms with Crippen LogP contribution in [0.25, 0.3) is 0 Å². The SMILES string of the molecule is COCCCSCCNCCSSOCCCOCCOCCOC. The van der Waals surface area contributed by atoms with Gasteiger partial charge in [0, 0.05) is 52.0 Å². The van der Waals surface area contributed by atoms with Gasteiger partial charge in [0.1, 0.15) is 0 Å². The number of rotatable bonds is 22. The van der Waals surface area contributed by atoms with E-state index in [1.807, 2.05) is 11.8 Å². The normalized spacial score (nSPS) is 11.3. The second-order valence-corrected chi connectivity index (χ2v) is 8.35. The first-order chi connectivity index (χ1) is 12.4. The minimum atomic E-state index is 0.619. The zero-order valence-electron chi connectivity index (χ0n) is 15.7. The average molecular weight is 418 g/mol. The van der Waals surface area contributed by atoms with E-state index < -0.39 is 0 Å². The standard InChI is InChI=1S/C16H35NO5S3/c1-18-7-4-14-23-15-5-17-6-16-24-25-22-9-3-8-20-12-13-21-11-10-19-2/h17H,3-16H2,1-2H3. The quantitative estimate of drug-likeness (QED) is 0.163. The Kier molecular flexibility index (Phi) is 25.6. The lowest BCUT2D eigenvalue weighted by atomic mass is 10.5. The van der Waals surface area contributed by atoms with Gasteiger partial charge in [-0.3, -0.25) is 0 Å². The van der Waals surface area contributed by atoms with E-state index in [2.05, 4.69) is 5.32 Å². The molecule has 0 aliphatic rings. The predicted octanol–water partition coefficient (Wildman–Crippen LogP) is 2.73. The molecule has 0 spiro atoms. The smallest absolute Gasteiger partial charge is 0.0701 e. The summed E-state index contributed by atoms with van der Waals surface area (Å²) in [7, 11) is 5.16. The Morgan fingerprint density at radius 1 is 0.680 bits per heavy atom. The fraction of sp³-hybridized carbons (Fsp3) is 1.00. The molecule has 0 heterocycles. The molecule has 0 aliphatic heterocycles. The Labute approximate surface area is 165 Å². The van der Waals surface area contributed by atoms with Crippen LogP contribution in [0, 0.1) is 0 Å². The van der Waals surface area contributed by atoms with Crippen molar-refractivity contribution in [3.63, 3.8) is 0 Å². The Morgan fingerprint density at radius 3 is 2.20 bits per heavy atom. The minimum Gasteiger partial charge on any atom is -0.385 e. The molecule has 0 saturated heterocycles. The van der Waals surface area contributed by atoms with Crippen molar-refractivity contribution < 1.29 is 23.1 Å². The zero-order chi connectivity index (χ0) is 18.3. The van der Waals surface area contributed by atoms with Crippen LogP contribution >= 0.6 is 33.6 Å². The highest BCUT2D eigenvalue weighted by Crippen LogP contribution is 2.21. The molecule has 0 aliphatic carbocycles. The number of methoxy groups -OCH3 is 2. The molecule has 0 unspecified atom stereocenters. The molecule has 0 fully saturated rings. The first-order valence-electron chi connectivity index (χ1n) is 8.74. The lowest BCUT2D eigenvalue weighted by Crippen LogP contribution is -2.20. The van der Waals surface area contributed by atoms with Crippen molar-refractivity contribution in [3.05, 3.63) is 0 Å². The van der Waals surface area contributed by atoms with E-state index in [1.54, 1.807) is 25.0 Å². The summed E-state index contributed by atoms with van der Waals surface area (Å²) in [6.45, 7) is 6.88. The van der Waals surface area contributed by atoms with Crippen molar-refractivity contribution in [2.45, 2.75) is 12.8 Å². The number of nitrogens with one attached hydrogen (secondary N) is 1. The summed E-state index contributed by atoms with van der Waals surface area (Å²) in [5.41, 5.74) is 0. The van der Waals surface area contributed by atoms with E-state index >= 15 is 0 Å². The van der Waals surface area contributed by atoms with Crippen LogP contribution in [0.4, 0.5) is 0 Å². The summed E-state index contributed by atoms with van der Waals surface area (Å²) in [6.07, 6.45) is 2.04. The van der Waals surface area contributed by atoms with E-state index in [9.17, 15) is 0 Å².